The molecule has 0 radical (unpaired) electrons. The number of fused-ring (bicyclic) bond motifs is 1. The monoisotopic (exact) mass is 460 g/mol. The third kappa shape index (κ3) is 4.67. The second-order valence-electron chi connectivity index (χ2n) is 7.07. The van der Waals surface area contributed by atoms with E-state index >= 15 is 0 Å². The van der Waals surface area contributed by atoms with Gasteiger partial charge in [-0.1, -0.05) is 30.0 Å². The van der Waals surface area contributed by atoms with Crippen molar-refractivity contribution in [2.75, 3.05) is 51.0 Å². The lowest BCUT2D eigenvalue weighted by atomic mass is 10.2. The van der Waals surface area contributed by atoms with Gasteiger partial charge in [-0.15, -0.1) is 0 Å². The van der Waals surface area contributed by atoms with Crippen LogP contribution in [0.5, 0.6) is 0 Å². The Hall–Kier alpha value is -2.27. The normalized spacial score (nSPS) is 18.5. The van der Waals surface area contributed by atoms with Crippen molar-refractivity contribution in [3.63, 3.8) is 0 Å². The van der Waals surface area contributed by atoms with E-state index < -0.39 is 0 Å². The maximum Gasteiger partial charge on any atom is 0.267 e. The minimum Gasteiger partial charge on any atom is -0.382 e. The molecule has 4 rings (SSSR count). The summed E-state index contributed by atoms with van der Waals surface area (Å²) in [5.74, 6) is 0.387. The largest absolute Gasteiger partial charge is 0.382 e. The number of morpholine rings is 1. The van der Waals surface area contributed by atoms with Crippen molar-refractivity contribution in [1.82, 2.24) is 14.3 Å². The minimum atomic E-state index is -0.214. The molecule has 0 atom stereocenters. The number of pyridine rings is 1. The molecule has 2 aromatic rings. The lowest BCUT2D eigenvalue weighted by Gasteiger charge is -2.29. The van der Waals surface area contributed by atoms with Crippen LogP contribution in [0.2, 0.25) is 0 Å². The number of rotatable bonds is 7. The molecular formula is C21H24N4O4S2. The molecule has 164 valence electrons. The first-order valence-electron chi connectivity index (χ1n) is 10.3. The molecule has 31 heavy (non-hydrogen) atoms. The Labute approximate surface area is 189 Å². The molecule has 0 aliphatic carbocycles. The molecular weight excluding hydrogens is 436 g/mol. The predicted octanol–water partition coefficient (Wildman–Crippen LogP) is 2.16. The molecule has 4 heterocycles. The van der Waals surface area contributed by atoms with E-state index in [-0.39, 0.29) is 11.5 Å². The molecule has 8 nitrogen and oxygen atoms in total. The number of aromatic nitrogens is 2. The molecule has 0 saturated carbocycles. The summed E-state index contributed by atoms with van der Waals surface area (Å²) in [6.07, 6.45) is 4.03. The van der Waals surface area contributed by atoms with Gasteiger partial charge >= 0.3 is 0 Å². The molecule has 2 aliphatic heterocycles. The van der Waals surface area contributed by atoms with Crippen molar-refractivity contribution < 1.29 is 14.3 Å². The second kappa shape index (κ2) is 9.90. The van der Waals surface area contributed by atoms with E-state index in [0.29, 0.717) is 78.7 Å². The quantitative estimate of drug-likeness (QED) is 0.354. The van der Waals surface area contributed by atoms with Gasteiger partial charge in [0.25, 0.3) is 11.5 Å². The van der Waals surface area contributed by atoms with Crippen LogP contribution in [0.25, 0.3) is 11.7 Å². The van der Waals surface area contributed by atoms with Crippen molar-refractivity contribution in [2.24, 2.45) is 0 Å². The summed E-state index contributed by atoms with van der Waals surface area (Å²) in [5.41, 5.74) is 0.740. The van der Waals surface area contributed by atoms with Gasteiger partial charge in [0, 0.05) is 39.0 Å². The lowest BCUT2D eigenvalue weighted by Crippen LogP contribution is -2.38. The first-order chi connectivity index (χ1) is 15.1. The Bertz CT molecular complexity index is 1080. The first kappa shape index (κ1) is 21.9. The van der Waals surface area contributed by atoms with E-state index in [1.54, 1.807) is 29.3 Å². The van der Waals surface area contributed by atoms with Crippen LogP contribution in [0.3, 0.4) is 0 Å². The maximum atomic E-state index is 13.3. The summed E-state index contributed by atoms with van der Waals surface area (Å²) in [4.78, 5) is 35.1. The fourth-order valence-corrected chi connectivity index (χ4v) is 4.82. The van der Waals surface area contributed by atoms with Gasteiger partial charge in [0.1, 0.15) is 15.8 Å². The Morgan fingerprint density at radius 2 is 2.10 bits per heavy atom. The van der Waals surface area contributed by atoms with Gasteiger partial charge in [0.15, 0.2) is 0 Å². The van der Waals surface area contributed by atoms with Crippen LogP contribution in [-0.4, -0.2) is 70.6 Å². The van der Waals surface area contributed by atoms with Gasteiger partial charge < -0.3 is 14.4 Å². The third-order valence-electron chi connectivity index (χ3n) is 5.08. The van der Waals surface area contributed by atoms with E-state index in [9.17, 15) is 9.59 Å². The van der Waals surface area contributed by atoms with E-state index in [4.69, 9.17) is 26.7 Å². The van der Waals surface area contributed by atoms with Crippen LogP contribution in [0.1, 0.15) is 18.9 Å². The van der Waals surface area contributed by atoms with Crippen LogP contribution in [-0.2, 0) is 14.3 Å². The zero-order chi connectivity index (χ0) is 21.8. The third-order valence-corrected chi connectivity index (χ3v) is 6.46. The summed E-state index contributed by atoms with van der Waals surface area (Å²) in [6.45, 7) is 6.04. The molecule has 2 aliphatic rings. The molecule has 0 N–H and O–H groups in total. The highest BCUT2D eigenvalue weighted by molar-refractivity contribution is 8.26. The molecule has 2 saturated heterocycles. The number of carbonyl (C=O) groups is 1. The van der Waals surface area contributed by atoms with Gasteiger partial charge in [0.2, 0.25) is 0 Å². The summed E-state index contributed by atoms with van der Waals surface area (Å²) < 4.78 is 12.8. The fraction of sp³-hybridized carbons (Fsp3) is 0.429. The summed E-state index contributed by atoms with van der Waals surface area (Å²) in [7, 11) is 0. The standard InChI is InChI=1S/C21H24N4O4S2/c1-2-28-11-5-8-25-20(27)16(31-21(25)30)14-15-18(23-9-12-29-13-10-23)22-17-6-3-4-7-24(17)19(15)26/h3-4,6-7,14H,2,5,8-13H2,1H3. The van der Waals surface area contributed by atoms with Crippen LogP contribution in [0, 0.1) is 0 Å². The van der Waals surface area contributed by atoms with Gasteiger partial charge in [-0.25, -0.2) is 4.98 Å². The molecule has 1 amide bonds. The van der Waals surface area contributed by atoms with Gasteiger partial charge in [-0.2, -0.15) is 0 Å². The smallest absolute Gasteiger partial charge is 0.267 e. The number of hydrogen-bond donors (Lipinski definition) is 0. The van der Waals surface area contributed by atoms with Crippen molar-refractivity contribution in [3.8, 4) is 0 Å². The van der Waals surface area contributed by atoms with Crippen LogP contribution in [0.4, 0.5) is 5.82 Å². The molecule has 0 bridgehead atoms. The Kier molecular flexibility index (Phi) is 7.01. The van der Waals surface area contributed by atoms with Crippen LogP contribution >= 0.6 is 24.0 Å². The Morgan fingerprint density at radius 1 is 1.29 bits per heavy atom. The van der Waals surface area contributed by atoms with E-state index in [0.717, 1.165) is 0 Å². The predicted molar refractivity (Wildman–Crippen MR) is 125 cm³/mol. The minimum absolute atomic E-state index is 0.183. The number of nitrogens with zero attached hydrogens (tertiary/aromatic N) is 4. The number of hydrogen-bond acceptors (Lipinski definition) is 8. The van der Waals surface area contributed by atoms with Gasteiger partial charge in [-0.05, 0) is 31.6 Å². The number of ether oxygens (including phenoxy) is 2. The Morgan fingerprint density at radius 3 is 2.87 bits per heavy atom. The SMILES string of the molecule is CCOCCCN1C(=O)C(=Cc2c(N3CCOCC3)nc3ccccn3c2=O)SC1=S. The highest BCUT2D eigenvalue weighted by Gasteiger charge is 2.32. The van der Waals surface area contributed by atoms with Crippen LogP contribution < -0.4 is 10.5 Å². The van der Waals surface area contributed by atoms with Crippen molar-refractivity contribution >= 4 is 51.7 Å². The second-order valence-corrected chi connectivity index (χ2v) is 8.74. The maximum absolute atomic E-state index is 13.3. The molecule has 0 unspecified atom stereocenters. The highest BCUT2D eigenvalue weighted by atomic mass is 32.2. The molecule has 10 heteroatoms. The molecule has 2 aromatic heterocycles. The van der Waals surface area contributed by atoms with Crippen molar-refractivity contribution in [2.45, 2.75) is 13.3 Å². The zero-order valence-corrected chi connectivity index (χ0v) is 18.9. The van der Waals surface area contributed by atoms with E-state index in [2.05, 4.69) is 0 Å². The number of amides is 1. The number of anilines is 1. The molecule has 0 aromatic carbocycles. The van der Waals surface area contributed by atoms with Gasteiger partial charge in [-0.3, -0.25) is 18.9 Å². The summed E-state index contributed by atoms with van der Waals surface area (Å²) in [5, 5.41) is 0. The Balaban J connectivity index is 1.70. The average Bonchev–Trinajstić information content (AvgIpc) is 3.06. The molecule has 2 fully saturated rings. The molecule has 0 spiro atoms. The number of thiocarbonyl (C=S) groups is 1. The summed E-state index contributed by atoms with van der Waals surface area (Å²) >= 11 is 6.64. The lowest BCUT2D eigenvalue weighted by molar-refractivity contribution is -0.122. The average molecular weight is 461 g/mol. The fourth-order valence-electron chi connectivity index (χ4n) is 3.53. The topological polar surface area (TPSA) is 76.4 Å². The van der Waals surface area contributed by atoms with Crippen molar-refractivity contribution in [1.29, 1.82) is 0 Å². The van der Waals surface area contributed by atoms with E-state index in [1.807, 2.05) is 17.9 Å². The number of thioether (sulfide) groups is 1. The van der Waals surface area contributed by atoms with E-state index in [1.165, 1.54) is 16.2 Å². The van der Waals surface area contributed by atoms with Crippen LogP contribution in [0.15, 0.2) is 34.1 Å². The number of carbonyl (C=O) groups excluding carboxylic acids is 1. The van der Waals surface area contributed by atoms with Gasteiger partial charge in [0.05, 0.1) is 23.7 Å². The zero-order valence-electron chi connectivity index (χ0n) is 17.3. The van der Waals surface area contributed by atoms with Crippen molar-refractivity contribution in [3.05, 3.63) is 45.2 Å². The first-order valence-corrected chi connectivity index (χ1v) is 11.5. The highest BCUT2D eigenvalue weighted by Crippen LogP contribution is 2.33. The summed E-state index contributed by atoms with van der Waals surface area (Å²) in [6, 6.07) is 5.43.